The minimum absolute atomic E-state index is 0.0717. The van der Waals surface area contributed by atoms with Gasteiger partial charge in [0, 0.05) is 31.5 Å². The van der Waals surface area contributed by atoms with Gasteiger partial charge >= 0.3 is 6.09 Å². The number of carbonyl (C=O) groups excluding carboxylic acids is 1. The third-order valence-corrected chi connectivity index (χ3v) is 2.98. The fourth-order valence-corrected chi connectivity index (χ4v) is 2.21. The molecule has 6 heteroatoms. The SMILES string of the molecule is CC(C)(C)OC(=O)NC1CCCN(c2ncccn2)C1. The van der Waals surface area contributed by atoms with Crippen LogP contribution in [0.3, 0.4) is 0 Å². The first-order valence-electron chi connectivity index (χ1n) is 6.95. The minimum Gasteiger partial charge on any atom is -0.444 e. The smallest absolute Gasteiger partial charge is 0.407 e. The van der Waals surface area contributed by atoms with Gasteiger partial charge in [-0.15, -0.1) is 0 Å². The predicted molar refractivity (Wildman–Crippen MR) is 76.6 cm³/mol. The lowest BCUT2D eigenvalue weighted by atomic mass is 10.1. The zero-order chi connectivity index (χ0) is 14.6. The van der Waals surface area contributed by atoms with Gasteiger partial charge in [-0.2, -0.15) is 0 Å². The molecule has 0 spiro atoms. The third-order valence-electron chi connectivity index (χ3n) is 2.98. The number of piperidine rings is 1. The first-order chi connectivity index (χ1) is 9.44. The summed E-state index contributed by atoms with van der Waals surface area (Å²) in [5.74, 6) is 0.711. The number of hydrogen-bond acceptors (Lipinski definition) is 5. The normalized spacial score (nSPS) is 19.6. The summed E-state index contributed by atoms with van der Waals surface area (Å²) < 4.78 is 5.28. The van der Waals surface area contributed by atoms with Gasteiger partial charge in [0.25, 0.3) is 0 Å². The molecule has 1 aliphatic heterocycles. The number of anilines is 1. The zero-order valence-corrected chi connectivity index (χ0v) is 12.3. The lowest BCUT2D eigenvalue weighted by Gasteiger charge is -2.33. The summed E-state index contributed by atoms with van der Waals surface area (Å²) in [4.78, 5) is 22.4. The van der Waals surface area contributed by atoms with Gasteiger partial charge in [-0.05, 0) is 39.7 Å². The van der Waals surface area contributed by atoms with Crippen molar-refractivity contribution >= 4 is 12.0 Å². The molecule has 1 unspecified atom stereocenters. The van der Waals surface area contributed by atoms with Gasteiger partial charge in [0.15, 0.2) is 0 Å². The van der Waals surface area contributed by atoms with E-state index in [2.05, 4.69) is 20.2 Å². The Bertz CT molecular complexity index is 444. The average molecular weight is 278 g/mol. The topological polar surface area (TPSA) is 67.3 Å². The molecule has 1 saturated heterocycles. The lowest BCUT2D eigenvalue weighted by Crippen LogP contribution is -2.49. The molecular formula is C14H22N4O2. The van der Waals surface area contributed by atoms with Gasteiger partial charge in [-0.25, -0.2) is 14.8 Å². The molecule has 1 aliphatic rings. The molecule has 1 amide bonds. The Morgan fingerprint density at radius 3 is 2.75 bits per heavy atom. The number of aromatic nitrogens is 2. The number of hydrogen-bond donors (Lipinski definition) is 1. The van der Waals surface area contributed by atoms with Crippen LogP contribution in [0, 0.1) is 0 Å². The number of rotatable bonds is 2. The quantitative estimate of drug-likeness (QED) is 0.896. The van der Waals surface area contributed by atoms with E-state index < -0.39 is 5.60 Å². The molecule has 0 bridgehead atoms. The molecule has 110 valence electrons. The van der Waals surface area contributed by atoms with Crippen LogP contribution in [0.25, 0.3) is 0 Å². The maximum atomic E-state index is 11.8. The third kappa shape index (κ3) is 4.36. The Labute approximate surface area is 119 Å². The minimum atomic E-state index is -0.471. The number of ether oxygens (including phenoxy) is 1. The van der Waals surface area contributed by atoms with Crippen LogP contribution in [0.5, 0.6) is 0 Å². The molecule has 0 aliphatic carbocycles. The van der Waals surface area contributed by atoms with Crippen molar-refractivity contribution in [3.63, 3.8) is 0 Å². The van der Waals surface area contributed by atoms with Crippen LogP contribution in [-0.4, -0.2) is 40.8 Å². The second-order valence-electron chi connectivity index (χ2n) is 5.98. The van der Waals surface area contributed by atoms with Gasteiger partial charge < -0.3 is 15.0 Å². The van der Waals surface area contributed by atoms with Crippen molar-refractivity contribution in [3.05, 3.63) is 18.5 Å². The molecule has 2 rings (SSSR count). The van der Waals surface area contributed by atoms with Crippen LogP contribution in [0.2, 0.25) is 0 Å². The van der Waals surface area contributed by atoms with E-state index in [0.717, 1.165) is 19.4 Å². The summed E-state index contributed by atoms with van der Waals surface area (Å²) >= 11 is 0. The first-order valence-corrected chi connectivity index (χ1v) is 6.95. The van der Waals surface area contributed by atoms with Crippen molar-refractivity contribution in [2.45, 2.75) is 45.3 Å². The fourth-order valence-electron chi connectivity index (χ4n) is 2.21. The second kappa shape index (κ2) is 6.07. The molecular weight excluding hydrogens is 256 g/mol. The number of amides is 1. The highest BCUT2D eigenvalue weighted by Crippen LogP contribution is 2.16. The molecule has 1 aromatic rings. The summed E-state index contributed by atoms with van der Waals surface area (Å²) in [7, 11) is 0. The molecule has 0 saturated carbocycles. The Morgan fingerprint density at radius 1 is 1.40 bits per heavy atom. The molecule has 2 heterocycles. The van der Waals surface area contributed by atoms with E-state index in [-0.39, 0.29) is 12.1 Å². The van der Waals surface area contributed by atoms with Crippen LogP contribution in [0.1, 0.15) is 33.6 Å². The van der Waals surface area contributed by atoms with Gasteiger partial charge in [0.05, 0.1) is 0 Å². The van der Waals surface area contributed by atoms with E-state index in [9.17, 15) is 4.79 Å². The number of nitrogens with one attached hydrogen (secondary N) is 1. The Kier molecular flexibility index (Phi) is 4.42. The Balaban J connectivity index is 1.89. The molecule has 1 aromatic heterocycles. The van der Waals surface area contributed by atoms with Gasteiger partial charge in [-0.1, -0.05) is 0 Å². The maximum Gasteiger partial charge on any atom is 0.407 e. The van der Waals surface area contributed by atoms with Crippen molar-refractivity contribution in [2.24, 2.45) is 0 Å². The Morgan fingerprint density at radius 2 is 2.10 bits per heavy atom. The summed E-state index contributed by atoms with van der Waals surface area (Å²) in [5.41, 5.74) is -0.471. The molecule has 0 aromatic carbocycles. The van der Waals surface area contributed by atoms with Crippen molar-refractivity contribution in [3.8, 4) is 0 Å². The highest BCUT2D eigenvalue weighted by molar-refractivity contribution is 5.68. The van der Waals surface area contributed by atoms with E-state index in [1.165, 1.54) is 0 Å². The first kappa shape index (κ1) is 14.6. The van der Waals surface area contributed by atoms with Crippen molar-refractivity contribution < 1.29 is 9.53 Å². The van der Waals surface area contributed by atoms with Crippen molar-refractivity contribution in [2.75, 3.05) is 18.0 Å². The van der Waals surface area contributed by atoms with Gasteiger partial charge in [0.1, 0.15) is 5.60 Å². The number of nitrogens with zero attached hydrogens (tertiary/aromatic N) is 3. The molecule has 6 nitrogen and oxygen atoms in total. The van der Waals surface area contributed by atoms with E-state index in [1.807, 2.05) is 20.8 Å². The zero-order valence-electron chi connectivity index (χ0n) is 12.3. The van der Waals surface area contributed by atoms with E-state index >= 15 is 0 Å². The van der Waals surface area contributed by atoms with E-state index in [1.54, 1.807) is 18.5 Å². The number of carbonyl (C=O) groups is 1. The highest BCUT2D eigenvalue weighted by Gasteiger charge is 2.25. The summed E-state index contributed by atoms with van der Waals surface area (Å²) in [5, 5.41) is 2.92. The standard InChI is InChI=1S/C14H22N4O2/c1-14(2,3)20-13(19)17-11-6-4-9-18(10-11)12-15-7-5-8-16-12/h5,7-8,11H,4,6,9-10H2,1-3H3,(H,17,19). The maximum absolute atomic E-state index is 11.8. The molecule has 1 N–H and O–H groups in total. The molecule has 20 heavy (non-hydrogen) atoms. The van der Waals surface area contributed by atoms with Crippen LogP contribution < -0.4 is 10.2 Å². The molecule has 1 fully saturated rings. The highest BCUT2D eigenvalue weighted by atomic mass is 16.6. The summed E-state index contributed by atoms with van der Waals surface area (Å²) in [6.07, 6.45) is 5.04. The van der Waals surface area contributed by atoms with Crippen molar-refractivity contribution in [1.82, 2.24) is 15.3 Å². The molecule has 1 atom stereocenters. The largest absolute Gasteiger partial charge is 0.444 e. The van der Waals surface area contributed by atoms with Gasteiger partial charge in [-0.3, -0.25) is 0 Å². The second-order valence-corrected chi connectivity index (χ2v) is 5.98. The number of alkyl carbamates (subject to hydrolysis) is 1. The Hall–Kier alpha value is -1.85. The average Bonchev–Trinajstić information content (AvgIpc) is 2.38. The van der Waals surface area contributed by atoms with E-state index in [0.29, 0.717) is 12.5 Å². The fraction of sp³-hybridized carbons (Fsp3) is 0.643. The lowest BCUT2D eigenvalue weighted by molar-refractivity contribution is 0.0500. The van der Waals surface area contributed by atoms with Crippen LogP contribution in [0.4, 0.5) is 10.7 Å². The van der Waals surface area contributed by atoms with Gasteiger partial charge in [0.2, 0.25) is 5.95 Å². The summed E-state index contributed by atoms with van der Waals surface area (Å²) in [6, 6.07) is 1.87. The molecule has 0 radical (unpaired) electrons. The van der Waals surface area contributed by atoms with Crippen LogP contribution >= 0.6 is 0 Å². The monoisotopic (exact) mass is 278 g/mol. The predicted octanol–water partition coefficient (Wildman–Crippen LogP) is 1.97. The van der Waals surface area contributed by atoms with Crippen LogP contribution in [0.15, 0.2) is 18.5 Å². The summed E-state index contributed by atoms with van der Waals surface area (Å²) in [6.45, 7) is 7.20. The van der Waals surface area contributed by atoms with Crippen LogP contribution in [-0.2, 0) is 4.74 Å². The van der Waals surface area contributed by atoms with E-state index in [4.69, 9.17) is 4.74 Å². The van der Waals surface area contributed by atoms with Crippen molar-refractivity contribution in [1.29, 1.82) is 0 Å².